The standard InChI is InChI=1S/C17H27N3O/c1-2-20(16-10-6-4-7-13(16)11-18)12-14-8-3-5-9-15(14)17(19)21/h3,5,8-9,13,16H,2,4,6-7,10-12,18H2,1H3,(H2,19,21). The van der Waals surface area contributed by atoms with Crippen LogP contribution >= 0.6 is 0 Å². The first kappa shape index (κ1) is 16.0. The summed E-state index contributed by atoms with van der Waals surface area (Å²) in [6.45, 7) is 4.67. The average molecular weight is 289 g/mol. The molecule has 0 bridgehead atoms. The van der Waals surface area contributed by atoms with E-state index < -0.39 is 0 Å². The van der Waals surface area contributed by atoms with Crippen LogP contribution in [0.1, 0.15) is 48.5 Å². The Balaban J connectivity index is 2.17. The van der Waals surface area contributed by atoms with Gasteiger partial charge >= 0.3 is 0 Å². The van der Waals surface area contributed by atoms with Crippen molar-refractivity contribution in [3.05, 3.63) is 35.4 Å². The molecule has 0 spiro atoms. The summed E-state index contributed by atoms with van der Waals surface area (Å²) in [5.74, 6) is 0.222. The van der Waals surface area contributed by atoms with E-state index in [0.717, 1.165) is 25.2 Å². The van der Waals surface area contributed by atoms with Gasteiger partial charge in [-0.1, -0.05) is 38.0 Å². The van der Waals surface area contributed by atoms with Crippen LogP contribution in [0.5, 0.6) is 0 Å². The summed E-state index contributed by atoms with van der Waals surface area (Å²) < 4.78 is 0. The molecule has 0 heterocycles. The molecular weight excluding hydrogens is 262 g/mol. The molecule has 116 valence electrons. The van der Waals surface area contributed by atoms with Crippen molar-refractivity contribution < 1.29 is 4.79 Å². The number of benzene rings is 1. The fourth-order valence-corrected chi connectivity index (χ4v) is 3.52. The van der Waals surface area contributed by atoms with Crippen molar-refractivity contribution in [1.29, 1.82) is 0 Å². The zero-order valence-corrected chi connectivity index (χ0v) is 12.9. The zero-order valence-electron chi connectivity index (χ0n) is 12.9. The van der Waals surface area contributed by atoms with Gasteiger partial charge in [0.2, 0.25) is 5.91 Å². The quantitative estimate of drug-likeness (QED) is 0.842. The lowest BCUT2D eigenvalue weighted by Gasteiger charge is -2.39. The van der Waals surface area contributed by atoms with Gasteiger partial charge in [-0.2, -0.15) is 0 Å². The summed E-state index contributed by atoms with van der Waals surface area (Å²) in [5, 5.41) is 0. The predicted octanol–water partition coefficient (Wildman–Crippen LogP) is 2.12. The first-order chi connectivity index (χ1) is 10.2. The number of hydrogen-bond donors (Lipinski definition) is 2. The molecule has 0 saturated heterocycles. The van der Waals surface area contributed by atoms with Crippen molar-refractivity contribution >= 4 is 5.91 Å². The molecule has 2 unspecified atom stereocenters. The molecule has 0 aromatic heterocycles. The highest BCUT2D eigenvalue weighted by Gasteiger charge is 2.28. The highest BCUT2D eigenvalue weighted by atomic mass is 16.1. The van der Waals surface area contributed by atoms with E-state index in [1.54, 1.807) is 0 Å². The van der Waals surface area contributed by atoms with Crippen molar-refractivity contribution in [3.8, 4) is 0 Å². The Morgan fingerprint density at radius 3 is 2.67 bits per heavy atom. The van der Waals surface area contributed by atoms with Crippen LogP contribution in [-0.4, -0.2) is 29.9 Å². The number of hydrogen-bond acceptors (Lipinski definition) is 3. The Morgan fingerprint density at radius 2 is 2.00 bits per heavy atom. The fraction of sp³-hybridized carbons (Fsp3) is 0.588. The van der Waals surface area contributed by atoms with Crippen LogP contribution in [0.2, 0.25) is 0 Å². The van der Waals surface area contributed by atoms with Crippen LogP contribution in [0.3, 0.4) is 0 Å². The molecule has 1 aromatic carbocycles. The summed E-state index contributed by atoms with van der Waals surface area (Å²) >= 11 is 0. The molecule has 1 fully saturated rings. The van der Waals surface area contributed by atoms with E-state index in [1.807, 2.05) is 24.3 Å². The van der Waals surface area contributed by atoms with Crippen LogP contribution in [0.15, 0.2) is 24.3 Å². The third-order valence-corrected chi connectivity index (χ3v) is 4.70. The molecule has 1 saturated carbocycles. The maximum atomic E-state index is 11.6. The molecule has 2 atom stereocenters. The van der Waals surface area contributed by atoms with E-state index in [9.17, 15) is 4.79 Å². The minimum Gasteiger partial charge on any atom is -0.366 e. The van der Waals surface area contributed by atoms with Crippen LogP contribution in [0.4, 0.5) is 0 Å². The number of amides is 1. The maximum Gasteiger partial charge on any atom is 0.249 e. The Kier molecular flexibility index (Phi) is 5.76. The van der Waals surface area contributed by atoms with E-state index in [1.165, 1.54) is 25.7 Å². The molecule has 1 aliphatic carbocycles. The second-order valence-electron chi connectivity index (χ2n) is 5.93. The smallest absolute Gasteiger partial charge is 0.249 e. The van der Waals surface area contributed by atoms with Gasteiger partial charge in [0, 0.05) is 18.2 Å². The van der Waals surface area contributed by atoms with Gasteiger partial charge in [-0.15, -0.1) is 0 Å². The highest BCUT2D eigenvalue weighted by Crippen LogP contribution is 2.29. The number of carbonyl (C=O) groups is 1. The van der Waals surface area contributed by atoms with Crippen LogP contribution in [-0.2, 0) is 6.54 Å². The Morgan fingerprint density at radius 1 is 1.29 bits per heavy atom. The second kappa shape index (κ2) is 7.57. The fourth-order valence-electron chi connectivity index (χ4n) is 3.52. The number of primary amides is 1. The van der Waals surface area contributed by atoms with Crippen LogP contribution < -0.4 is 11.5 Å². The molecule has 1 aromatic rings. The van der Waals surface area contributed by atoms with Gasteiger partial charge in [-0.05, 0) is 43.5 Å². The molecular formula is C17H27N3O. The van der Waals surface area contributed by atoms with E-state index in [2.05, 4.69) is 11.8 Å². The lowest BCUT2D eigenvalue weighted by Crippen LogP contribution is -2.44. The second-order valence-corrected chi connectivity index (χ2v) is 5.93. The molecule has 0 radical (unpaired) electrons. The Hall–Kier alpha value is -1.39. The minimum atomic E-state index is -0.347. The molecule has 4 nitrogen and oxygen atoms in total. The number of carbonyl (C=O) groups excluding carboxylic acids is 1. The largest absolute Gasteiger partial charge is 0.366 e. The summed E-state index contributed by atoms with van der Waals surface area (Å²) in [5.41, 5.74) is 13.1. The van der Waals surface area contributed by atoms with Crippen LogP contribution in [0.25, 0.3) is 0 Å². The Bertz CT molecular complexity index is 475. The summed E-state index contributed by atoms with van der Waals surface area (Å²) in [7, 11) is 0. The van der Waals surface area contributed by atoms with Crippen molar-refractivity contribution in [1.82, 2.24) is 4.90 Å². The van der Waals surface area contributed by atoms with Crippen molar-refractivity contribution in [3.63, 3.8) is 0 Å². The highest BCUT2D eigenvalue weighted by molar-refractivity contribution is 5.94. The lowest BCUT2D eigenvalue weighted by molar-refractivity contribution is 0.0978. The van der Waals surface area contributed by atoms with Gasteiger partial charge in [-0.3, -0.25) is 9.69 Å². The lowest BCUT2D eigenvalue weighted by atomic mass is 9.83. The zero-order chi connectivity index (χ0) is 15.2. The van der Waals surface area contributed by atoms with Crippen molar-refractivity contribution in [2.24, 2.45) is 17.4 Å². The summed E-state index contributed by atoms with van der Waals surface area (Å²) in [4.78, 5) is 14.0. The maximum absolute atomic E-state index is 11.6. The van der Waals surface area contributed by atoms with Gasteiger partial charge in [-0.25, -0.2) is 0 Å². The first-order valence-corrected chi connectivity index (χ1v) is 7.99. The molecule has 0 aliphatic heterocycles. The molecule has 1 aliphatic rings. The average Bonchev–Trinajstić information content (AvgIpc) is 2.52. The topological polar surface area (TPSA) is 72.3 Å². The van der Waals surface area contributed by atoms with Crippen LogP contribution in [0, 0.1) is 5.92 Å². The SMILES string of the molecule is CCN(Cc1ccccc1C(N)=O)C1CCCCC1CN. The minimum absolute atomic E-state index is 0.347. The molecule has 2 rings (SSSR count). The van der Waals surface area contributed by atoms with E-state index in [0.29, 0.717) is 17.5 Å². The Labute approximate surface area is 127 Å². The number of rotatable bonds is 6. The third-order valence-electron chi connectivity index (χ3n) is 4.70. The molecule has 4 heteroatoms. The van der Waals surface area contributed by atoms with Crippen molar-refractivity contribution in [2.45, 2.75) is 45.2 Å². The van der Waals surface area contributed by atoms with E-state index >= 15 is 0 Å². The monoisotopic (exact) mass is 289 g/mol. The van der Waals surface area contributed by atoms with Gasteiger partial charge in [0.15, 0.2) is 0 Å². The molecule has 21 heavy (non-hydrogen) atoms. The number of nitrogens with zero attached hydrogens (tertiary/aromatic N) is 1. The predicted molar refractivity (Wildman–Crippen MR) is 85.8 cm³/mol. The molecule has 4 N–H and O–H groups in total. The normalized spacial score (nSPS) is 22.4. The van der Waals surface area contributed by atoms with E-state index in [-0.39, 0.29) is 5.91 Å². The summed E-state index contributed by atoms with van der Waals surface area (Å²) in [6, 6.07) is 8.17. The van der Waals surface area contributed by atoms with Gasteiger partial charge in [0.25, 0.3) is 0 Å². The van der Waals surface area contributed by atoms with Gasteiger partial charge in [0.1, 0.15) is 0 Å². The van der Waals surface area contributed by atoms with Gasteiger partial charge in [0.05, 0.1) is 0 Å². The van der Waals surface area contributed by atoms with Crippen molar-refractivity contribution in [2.75, 3.05) is 13.1 Å². The molecule has 1 amide bonds. The van der Waals surface area contributed by atoms with Gasteiger partial charge < -0.3 is 11.5 Å². The van der Waals surface area contributed by atoms with E-state index in [4.69, 9.17) is 11.5 Å². The number of nitrogens with two attached hydrogens (primary N) is 2. The third kappa shape index (κ3) is 3.83. The first-order valence-electron chi connectivity index (χ1n) is 7.99. The summed E-state index contributed by atoms with van der Waals surface area (Å²) in [6.07, 6.45) is 4.98.